The van der Waals surface area contributed by atoms with Crippen LogP contribution in [0.5, 0.6) is 0 Å². The highest BCUT2D eigenvalue weighted by atomic mass is 16.5. The van der Waals surface area contributed by atoms with Crippen LogP contribution in [0.1, 0.15) is 25.7 Å². The summed E-state index contributed by atoms with van der Waals surface area (Å²) in [5, 5.41) is 7.58. The standard InChI is InChI=1S/C10H21N2O/c1-11-7-8-12-9-3-5-10(13-2)6-4-9/h9-10,12H,3-8H2,1-2H3/q-1. The second kappa shape index (κ2) is 6.35. The highest BCUT2D eigenvalue weighted by molar-refractivity contribution is 4.79. The van der Waals surface area contributed by atoms with E-state index < -0.39 is 0 Å². The van der Waals surface area contributed by atoms with Crippen molar-refractivity contribution >= 4 is 0 Å². The zero-order valence-electron chi connectivity index (χ0n) is 8.75. The molecule has 0 spiro atoms. The van der Waals surface area contributed by atoms with Gasteiger partial charge in [0.2, 0.25) is 0 Å². The van der Waals surface area contributed by atoms with Crippen molar-refractivity contribution in [1.29, 1.82) is 0 Å². The van der Waals surface area contributed by atoms with E-state index >= 15 is 0 Å². The fourth-order valence-corrected chi connectivity index (χ4v) is 1.88. The summed E-state index contributed by atoms with van der Waals surface area (Å²) >= 11 is 0. The van der Waals surface area contributed by atoms with E-state index in [1.165, 1.54) is 25.7 Å². The Kier molecular flexibility index (Phi) is 5.35. The van der Waals surface area contributed by atoms with Gasteiger partial charge in [0.05, 0.1) is 6.10 Å². The Morgan fingerprint density at radius 2 is 2.00 bits per heavy atom. The lowest BCUT2D eigenvalue weighted by Crippen LogP contribution is -2.36. The minimum Gasteiger partial charge on any atom is -0.664 e. The van der Waals surface area contributed by atoms with E-state index in [9.17, 15) is 0 Å². The highest BCUT2D eigenvalue weighted by Crippen LogP contribution is 2.20. The molecule has 1 aliphatic carbocycles. The first kappa shape index (κ1) is 11.0. The molecule has 0 aromatic rings. The number of nitrogens with zero attached hydrogens (tertiary/aromatic N) is 1. The molecule has 0 aromatic carbocycles. The predicted molar refractivity (Wildman–Crippen MR) is 55.2 cm³/mol. The summed E-state index contributed by atoms with van der Waals surface area (Å²) in [5.74, 6) is 0. The number of hydrogen-bond acceptors (Lipinski definition) is 2. The summed E-state index contributed by atoms with van der Waals surface area (Å²) in [6.07, 6.45) is 5.42. The van der Waals surface area contributed by atoms with E-state index in [4.69, 9.17) is 4.74 Å². The van der Waals surface area contributed by atoms with Gasteiger partial charge >= 0.3 is 0 Å². The zero-order chi connectivity index (χ0) is 9.52. The minimum atomic E-state index is 0.508. The Hall–Kier alpha value is -0.120. The monoisotopic (exact) mass is 185 g/mol. The van der Waals surface area contributed by atoms with Gasteiger partial charge < -0.3 is 15.4 Å². The molecule has 0 bridgehead atoms. The van der Waals surface area contributed by atoms with Crippen LogP contribution in [-0.2, 0) is 4.74 Å². The molecule has 3 nitrogen and oxygen atoms in total. The summed E-state index contributed by atoms with van der Waals surface area (Å²) in [4.78, 5) is 0. The molecule has 0 aliphatic heterocycles. The van der Waals surface area contributed by atoms with E-state index in [0.29, 0.717) is 12.1 Å². The number of methoxy groups -OCH3 is 1. The average Bonchev–Trinajstić information content (AvgIpc) is 2.19. The molecule has 1 rings (SSSR count). The molecule has 3 heteroatoms. The lowest BCUT2D eigenvalue weighted by Gasteiger charge is -2.29. The SMILES string of the molecule is C[N-]CCNC1CCC(OC)CC1. The molecule has 0 radical (unpaired) electrons. The van der Waals surface area contributed by atoms with Crippen LogP contribution in [0.25, 0.3) is 5.32 Å². The quantitative estimate of drug-likeness (QED) is 0.659. The molecular formula is C10H21N2O-. The van der Waals surface area contributed by atoms with Gasteiger partial charge in [-0.25, -0.2) is 0 Å². The summed E-state index contributed by atoms with van der Waals surface area (Å²) in [6, 6.07) is 0.702. The van der Waals surface area contributed by atoms with Crippen LogP contribution in [0.15, 0.2) is 0 Å². The third-order valence-electron chi connectivity index (χ3n) is 2.78. The third-order valence-corrected chi connectivity index (χ3v) is 2.78. The zero-order valence-corrected chi connectivity index (χ0v) is 8.75. The van der Waals surface area contributed by atoms with Crippen LogP contribution < -0.4 is 5.32 Å². The molecule has 78 valence electrons. The lowest BCUT2D eigenvalue weighted by atomic mass is 9.93. The molecule has 13 heavy (non-hydrogen) atoms. The molecule has 0 heterocycles. The van der Waals surface area contributed by atoms with Gasteiger partial charge in [0.25, 0.3) is 0 Å². The van der Waals surface area contributed by atoms with Crippen LogP contribution in [0.3, 0.4) is 0 Å². The van der Waals surface area contributed by atoms with Crippen LogP contribution in [0, 0.1) is 0 Å². The molecule has 0 saturated heterocycles. The smallest absolute Gasteiger partial charge is 0.0572 e. The van der Waals surface area contributed by atoms with Crippen LogP contribution in [0.2, 0.25) is 0 Å². The number of likely N-dealkylation sites (N-methyl/N-ethyl adjacent to an activating group) is 1. The van der Waals surface area contributed by atoms with Crippen LogP contribution in [-0.4, -0.2) is 39.4 Å². The van der Waals surface area contributed by atoms with Crippen molar-refractivity contribution in [3.8, 4) is 0 Å². The summed E-state index contributed by atoms with van der Waals surface area (Å²) in [7, 11) is 3.68. The molecule has 1 aliphatic rings. The van der Waals surface area contributed by atoms with Gasteiger partial charge in [0.1, 0.15) is 0 Å². The average molecular weight is 185 g/mol. The van der Waals surface area contributed by atoms with Gasteiger partial charge in [-0.05, 0) is 32.2 Å². The normalized spacial score (nSPS) is 29.1. The fraction of sp³-hybridized carbons (Fsp3) is 1.00. The Balaban J connectivity index is 2.03. The molecule has 0 unspecified atom stereocenters. The van der Waals surface area contributed by atoms with Crippen molar-refractivity contribution in [3.63, 3.8) is 0 Å². The minimum absolute atomic E-state index is 0.508. The Bertz CT molecular complexity index is 119. The molecule has 1 saturated carbocycles. The fourth-order valence-electron chi connectivity index (χ4n) is 1.88. The van der Waals surface area contributed by atoms with Crippen molar-refractivity contribution in [2.75, 3.05) is 27.2 Å². The van der Waals surface area contributed by atoms with E-state index in [1.807, 2.05) is 14.2 Å². The van der Waals surface area contributed by atoms with E-state index in [-0.39, 0.29) is 0 Å². The van der Waals surface area contributed by atoms with Gasteiger partial charge in [-0.15, -0.1) is 6.54 Å². The van der Waals surface area contributed by atoms with Gasteiger partial charge in [-0.1, -0.05) is 0 Å². The molecule has 1 N–H and O–H groups in total. The lowest BCUT2D eigenvalue weighted by molar-refractivity contribution is 0.0627. The molecule has 0 amide bonds. The second-order valence-electron chi connectivity index (χ2n) is 3.70. The Morgan fingerprint density at radius 3 is 2.54 bits per heavy atom. The molecule has 0 atom stereocenters. The number of rotatable bonds is 5. The Morgan fingerprint density at radius 1 is 1.31 bits per heavy atom. The second-order valence-corrected chi connectivity index (χ2v) is 3.70. The van der Waals surface area contributed by atoms with Crippen molar-refractivity contribution in [2.45, 2.75) is 37.8 Å². The first-order valence-electron chi connectivity index (χ1n) is 5.18. The third kappa shape index (κ3) is 4.07. The van der Waals surface area contributed by atoms with Crippen molar-refractivity contribution < 1.29 is 4.74 Å². The van der Waals surface area contributed by atoms with Crippen LogP contribution >= 0.6 is 0 Å². The van der Waals surface area contributed by atoms with Crippen molar-refractivity contribution in [3.05, 3.63) is 5.32 Å². The number of ether oxygens (including phenoxy) is 1. The van der Waals surface area contributed by atoms with Crippen LogP contribution in [0.4, 0.5) is 0 Å². The van der Waals surface area contributed by atoms with E-state index in [2.05, 4.69) is 10.6 Å². The van der Waals surface area contributed by atoms with Gasteiger partial charge in [0.15, 0.2) is 0 Å². The topological polar surface area (TPSA) is 35.4 Å². The maximum Gasteiger partial charge on any atom is 0.0572 e. The first-order chi connectivity index (χ1) is 6.36. The van der Waals surface area contributed by atoms with E-state index in [1.54, 1.807) is 0 Å². The van der Waals surface area contributed by atoms with Gasteiger partial charge in [-0.3, -0.25) is 0 Å². The molecular weight excluding hydrogens is 164 g/mol. The van der Waals surface area contributed by atoms with Crippen molar-refractivity contribution in [2.24, 2.45) is 0 Å². The summed E-state index contributed by atoms with van der Waals surface area (Å²) in [6.45, 7) is 1.96. The maximum absolute atomic E-state index is 5.32. The summed E-state index contributed by atoms with van der Waals surface area (Å²) in [5.41, 5.74) is 0. The molecule has 0 aromatic heterocycles. The highest BCUT2D eigenvalue weighted by Gasteiger charge is 2.19. The maximum atomic E-state index is 5.32. The largest absolute Gasteiger partial charge is 0.664 e. The van der Waals surface area contributed by atoms with Gasteiger partial charge in [-0.2, -0.15) is 7.05 Å². The molecule has 1 fully saturated rings. The van der Waals surface area contributed by atoms with Gasteiger partial charge in [0, 0.05) is 13.2 Å². The van der Waals surface area contributed by atoms with Crippen molar-refractivity contribution in [1.82, 2.24) is 5.32 Å². The summed E-state index contributed by atoms with van der Waals surface area (Å²) < 4.78 is 5.32. The number of nitrogens with one attached hydrogen (secondary N) is 1. The first-order valence-corrected chi connectivity index (χ1v) is 5.18. The Labute approximate surface area is 81.2 Å². The number of hydrogen-bond donors (Lipinski definition) is 1. The van der Waals surface area contributed by atoms with E-state index in [0.717, 1.165) is 13.1 Å². The predicted octanol–water partition coefficient (Wildman–Crippen LogP) is 1.54.